The van der Waals surface area contributed by atoms with Crippen molar-refractivity contribution in [2.24, 2.45) is 5.41 Å². The van der Waals surface area contributed by atoms with Crippen molar-refractivity contribution in [3.63, 3.8) is 0 Å². The molecule has 94 valence electrons. The van der Waals surface area contributed by atoms with Crippen LogP contribution in [-0.4, -0.2) is 6.04 Å². The second-order valence-electron chi connectivity index (χ2n) is 6.15. The Morgan fingerprint density at radius 1 is 1.24 bits per heavy atom. The normalized spacial score (nSPS) is 23.4. The number of benzene rings is 1. The van der Waals surface area contributed by atoms with Crippen molar-refractivity contribution in [3.8, 4) is 0 Å². The van der Waals surface area contributed by atoms with E-state index in [0.29, 0.717) is 11.5 Å². The van der Waals surface area contributed by atoms with Crippen LogP contribution in [0, 0.1) is 5.41 Å². The second-order valence-corrected chi connectivity index (χ2v) is 6.15. The van der Waals surface area contributed by atoms with E-state index in [-0.39, 0.29) is 0 Å². The van der Waals surface area contributed by atoms with E-state index < -0.39 is 0 Å². The zero-order valence-electron chi connectivity index (χ0n) is 11.4. The fourth-order valence-corrected chi connectivity index (χ4v) is 2.89. The van der Waals surface area contributed by atoms with Crippen molar-refractivity contribution in [3.05, 3.63) is 29.8 Å². The minimum atomic E-state index is 0.513. The molecule has 1 atom stereocenters. The van der Waals surface area contributed by atoms with Crippen LogP contribution in [0.4, 0.5) is 5.69 Å². The maximum absolute atomic E-state index is 3.69. The SMILES string of the molecule is CCc1ccc(NC2CCCC(C)(C)C2)cc1. The van der Waals surface area contributed by atoms with E-state index in [1.165, 1.54) is 36.9 Å². The third-order valence-electron chi connectivity index (χ3n) is 3.94. The van der Waals surface area contributed by atoms with Crippen molar-refractivity contribution in [2.75, 3.05) is 5.32 Å². The van der Waals surface area contributed by atoms with Gasteiger partial charge in [-0.2, -0.15) is 0 Å². The molecule has 1 aliphatic rings. The van der Waals surface area contributed by atoms with Gasteiger partial charge in [0.2, 0.25) is 0 Å². The van der Waals surface area contributed by atoms with Gasteiger partial charge in [0.15, 0.2) is 0 Å². The molecule has 1 fully saturated rings. The zero-order valence-corrected chi connectivity index (χ0v) is 11.4. The van der Waals surface area contributed by atoms with E-state index >= 15 is 0 Å². The molecule has 1 aromatic rings. The van der Waals surface area contributed by atoms with Gasteiger partial charge in [0, 0.05) is 11.7 Å². The first-order valence-corrected chi connectivity index (χ1v) is 6.94. The number of anilines is 1. The molecule has 1 unspecified atom stereocenters. The molecule has 0 amide bonds. The van der Waals surface area contributed by atoms with Crippen LogP contribution in [0.2, 0.25) is 0 Å². The zero-order chi connectivity index (χ0) is 12.3. The Hall–Kier alpha value is -0.980. The van der Waals surface area contributed by atoms with Crippen LogP contribution in [-0.2, 0) is 6.42 Å². The average Bonchev–Trinajstić information content (AvgIpc) is 2.29. The summed E-state index contributed by atoms with van der Waals surface area (Å²) in [7, 11) is 0. The van der Waals surface area contributed by atoms with Crippen molar-refractivity contribution >= 4 is 5.69 Å². The van der Waals surface area contributed by atoms with Crippen LogP contribution in [0.5, 0.6) is 0 Å². The molecule has 1 N–H and O–H groups in total. The molecule has 1 nitrogen and oxygen atoms in total. The van der Waals surface area contributed by atoms with Crippen molar-refractivity contribution in [1.82, 2.24) is 0 Å². The molecule has 0 saturated heterocycles. The minimum absolute atomic E-state index is 0.513. The highest BCUT2D eigenvalue weighted by Gasteiger charge is 2.27. The molecule has 0 radical (unpaired) electrons. The molecule has 2 rings (SSSR count). The Morgan fingerprint density at radius 3 is 2.53 bits per heavy atom. The van der Waals surface area contributed by atoms with Gasteiger partial charge in [-0.25, -0.2) is 0 Å². The largest absolute Gasteiger partial charge is 0.382 e. The molecule has 1 heteroatoms. The number of hydrogen-bond acceptors (Lipinski definition) is 1. The molecule has 0 heterocycles. The summed E-state index contributed by atoms with van der Waals surface area (Å²) >= 11 is 0. The van der Waals surface area contributed by atoms with E-state index in [1.807, 2.05) is 0 Å². The predicted molar refractivity (Wildman–Crippen MR) is 75.5 cm³/mol. The summed E-state index contributed by atoms with van der Waals surface area (Å²) in [5.41, 5.74) is 3.21. The summed E-state index contributed by atoms with van der Waals surface area (Å²) in [4.78, 5) is 0. The van der Waals surface area contributed by atoms with Crippen LogP contribution in [0.25, 0.3) is 0 Å². The van der Waals surface area contributed by atoms with Gasteiger partial charge >= 0.3 is 0 Å². The molecule has 1 aliphatic carbocycles. The molecular weight excluding hydrogens is 206 g/mol. The molecule has 0 aliphatic heterocycles. The Bertz CT molecular complexity index is 350. The predicted octanol–water partition coefficient (Wildman–Crippen LogP) is 4.63. The van der Waals surface area contributed by atoms with Gasteiger partial charge < -0.3 is 5.32 Å². The van der Waals surface area contributed by atoms with Gasteiger partial charge in [-0.05, 0) is 48.8 Å². The van der Waals surface area contributed by atoms with E-state index in [0.717, 1.165) is 6.42 Å². The summed E-state index contributed by atoms with van der Waals surface area (Å²) in [5, 5.41) is 3.69. The van der Waals surface area contributed by atoms with Crippen molar-refractivity contribution in [1.29, 1.82) is 0 Å². The standard InChI is InChI=1S/C16H25N/c1-4-13-7-9-14(10-8-13)17-15-6-5-11-16(2,3)12-15/h7-10,15,17H,4-6,11-12H2,1-3H3. The number of nitrogens with one attached hydrogen (secondary N) is 1. The molecule has 0 aromatic heterocycles. The first kappa shape index (κ1) is 12.5. The Kier molecular flexibility index (Phi) is 3.76. The van der Waals surface area contributed by atoms with Gasteiger partial charge in [0.05, 0.1) is 0 Å². The lowest BCUT2D eigenvalue weighted by Crippen LogP contribution is -2.31. The fourth-order valence-electron chi connectivity index (χ4n) is 2.89. The maximum Gasteiger partial charge on any atom is 0.0342 e. The lowest BCUT2D eigenvalue weighted by molar-refractivity contribution is 0.229. The Balaban J connectivity index is 1.95. The highest BCUT2D eigenvalue weighted by Crippen LogP contribution is 2.36. The van der Waals surface area contributed by atoms with Gasteiger partial charge in [-0.1, -0.05) is 39.3 Å². The van der Waals surface area contributed by atoms with Crippen molar-refractivity contribution < 1.29 is 0 Å². The number of hydrogen-bond donors (Lipinski definition) is 1. The third-order valence-corrected chi connectivity index (χ3v) is 3.94. The summed E-state index contributed by atoms with van der Waals surface area (Å²) < 4.78 is 0. The molecule has 17 heavy (non-hydrogen) atoms. The fraction of sp³-hybridized carbons (Fsp3) is 0.625. The van der Waals surface area contributed by atoms with E-state index in [4.69, 9.17) is 0 Å². The topological polar surface area (TPSA) is 12.0 Å². The van der Waals surface area contributed by atoms with Crippen molar-refractivity contribution in [2.45, 2.75) is 58.9 Å². The minimum Gasteiger partial charge on any atom is -0.382 e. The molecule has 1 aromatic carbocycles. The smallest absolute Gasteiger partial charge is 0.0342 e. The van der Waals surface area contributed by atoms with Crippen LogP contribution in [0.1, 0.15) is 52.0 Å². The number of rotatable bonds is 3. The lowest BCUT2D eigenvalue weighted by Gasteiger charge is -2.36. The highest BCUT2D eigenvalue weighted by atomic mass is 14.9. The quantitative estimate of drug-likeness (QED) is 0.799. The summed E-state index contributed by atoms with van der Waals surface area (Å²) in [6.07, 6.45) is 6.47. The Labute approximate surface area is 106 Å². The van der Waals surface area contributed by atoms with Crippen LogP contribution in [0.3, 0.4) is 0 Å². The summed E-state index contributed by atoms with van der Waals surface area (Å²) in [6, 6.07) is 9.57. The first-order chi connectivity index (χ1) is 8.09. The highest BCUT2D eigenvalue weighted by molar-refractivity contribution is 5.45. The van der Waals surface area contributed by atoms with Crippen LogP contribution < -0.4 is 5.32 Å². The Morgan fingerprint density at radius 2 is 1.94 bits per heavy atom. The van der Waals surface area contributed by atoms with Gasteiger partial charge in [-0.15, -0.1) is 0 Å². The van der Waals surface area contributed by atoms with Gasteiger partial charge in [0.1, 0.15) is 0 Å². The first-order valence-electron chi connectivity index (χ1n) is 6.94. The maximum atomic E-state index is 3.69. The number of aryl methyl sites for hydroxylation is 1. The molecule has 1 saturated carbocycles. The molecule has 0 spiro atoms. The van der Waals surface area contributed by atoms with Gasteiger partial charge in [0.25, 0.3) is 0 Å². The second kappa shape index (κ2) is 5.12. The van der Waals surface area contributed by atoms with Gasteiger partial charge in [-0.3, -0.25) is 0 Å². The average molecular weight is 231 g/mol. The summed E-state index contributed by atoms with van der Waals surface area (Å²) in [5.74, 6) is 0. The van der Waals surface area contributed by atoms with Crippen LogP contribution in [0.15, 0.2) is 24.3 Å². The monoisotopic (exact) mass is 231 g/mol. The lowest BCUT2D eigenvalue weighted by atomic mass is 9.75. The van der Waals surface area contributed by atoms with E-state index in [9.17, 15) is 0 Å². The summed E-state index contributed by atoms with van der Waals surface area (Å²) in [6.45, 7) is 6.98. The molecule has 0 bridgehead atoms. The van der Waals surface area contributed by atoms with E-state index in [1.54, 1.807) is 0 Å². The third kappa shape index (κ3) is 3.49. The van der Waals surface area contributed by atoms with Crippen LogP contribution >= 0.6 is 0 Å². The van der Waals surface area contributed by atoms with E-state index in [2.05, 4.69) is 50.4 Å². The molecular formula is C16H25N.